The second kappa shape index (κ2) is 8.28. The lowest BCUT2D eigenvalue weighted by Gasteiger charge is -2.11. The van der Waals surface area contributed by atoms with Gasteiger partial charge in [-0.2, -0.15) is 0 Å². The molecule has 156 valence electrons. The number of rotatable bonds is 6. The smallest absolute Gasteiger partial charge is 0.221 e. The number of carbonyl (C=O) groups is 1. The molecule has 0 radical (unpaired) electrons. The molecule has 31 heavy (non-hydrogen) atoms. The lowest BCUT2D eigenvalue weighted by molar-refractivity contribution is -0.117. The quantitative estimate of drug-likeness (QED) is 0.211. The fraction of sp³-hybridized carbons (Fsp3) is 0.0833. The van der Waals surface area contributed by atoms with Crippen LogP contribution in [0.4, 0.5) is 0 Å². The number of aromatic nitrogens is 1. The van der Waals surface area contributed by atoms with E-state index in [2.05, 4.69) is 20.9 Å². The molecule has 0 bridgehead atoms. The van der Waals surface area contributed by atoms with Gasteiger partial charge < -0.3 is 21.6 Å². The Kier molecular flexibility index (Phi) is 5.52. The number of phenolic OH excluding ortho intramolecular Hbond substituents is 1. The molecule has 0 aliphatic carbocycles. The number of nitrogens with one attached hydrogen (secondary N) is 2. The van der Waals surface area contributed by atoms with Crippen molar-refractivity contribution in [3.05, 3.63) is 87.4 Å². The monoisotopic (exact) mass is 476 g/mol. The van der Waals surface area contributed by atoms with Gasteiger partial charge in [0.25, 0.3) is 0 Å². The first-order valence-electron chi connectivity index (χ1n) is 9.66. The zero-order valence-electron chi connectivity index (χ0n) is 16.6. The van der Waals surface area contributed by atoms with Crippen molar-refractivity contribution < 1.29 is 9.90 Å². The highest BCUT2D eigenvalue weighted by atomic mass is 79.9. The van der Waals surface area contributed by atoms with Crippen LogP contribution in [0, 0.1) is 5.41 Å². The van der Waals surface area contributed by atoms with Gasteiger partial charge in [-0.15, -0.1) is 0 Å². The number of fused-ring (bicyclic) bond motifs is 1. The zero-order chi connectivity index (χ0) is 22.1. The molecule has 4 rings (SSSR count). The van der Waals surface area contributed by atoms with Gasteiger partial charge in [-0.1, -0.05) is 30.3 Å². The minimum Gasteiger partial charge on any atom is -0.506 e. The molecule has 0 spiro atoms. The van der Waals surface area contributed by atoms with Crippen LogP contribution >= 0.6 is 15.9 Å². The van der Waals surface area contributed by atoms with E-state index in [-0.39, 0.29) is 18.0 Å². The fourth-order valence-corrected chi connectivity index (χ4v) is 4.29. The van der Waals surface area contributed by atoms with Gasteiger partial charge >= 0.3 is 0 Å². The summed E-state index contributed by atoms with van der Waals surface area (Å²) in [6.07, 6.45) is 0.670. The SMILES string of the molecule is N=C(N)c1ccc2[nH]c(-c3cc(CC(N)=O)cc(Br)c3O)c(Cc3ccccc3)c2c1. The summed E-state index contributed by atoms with van der Waals surface area (Å²) >= 11 is 3.39. The van der Waals surface area contributed by atoms with Crippen molar-refractivity contribution >= 4 is 38.6 Å². The number of H-pyrrole nitrogens is 1. The number of aromatic hydroxyl groups is 1. The number of hydrogen-bond donors (Lipinski definition) is 5. The zero-order valence-corrected chi connectivity index (χ0v) is 18.2. The molecule has 0 unspecified atom stereocenters. The third kappa shape index (κ3) is 4.18. The second-order valence-corrected chi connectivity index (χ2v) is 8.29. The van der Waals surface area contributed by atoms with E-state index in [1.165, 1.54) is 0 Å². The van der Waals surface area contributed by atoms with E-state index in [1.54, 1.807) is 18.2 Å². The third-order valence-corrected chi connectivity index (χ3v) is 5.82. The van der Waals surface area contributed by atoms with Gasteiger partial charge in [-0.05, 0) is 63.0 Å². The summed E-state index contributed by atoms with van der Waals surface area (Å²) < 4.78 is 0.481. The van der Waals surface area contributed by atoms with E-state index in [0.29, 0.717) is 27.6 Å². The van der Waals surface area contributed by atoms with Crippen molar-refractivity contribution in [2.24, 2.45) is 11.5 Å². The van der Waals surface area contributed by atoms with E-state index in [1.807, 2.05) is 42.5 Å². The fourth-order valence-electron chi connectivity index (χ4n) is 3.78. The number of phenols is 1. The average molecular weight is 477 g/mol. The number of nitrogen functional groups attached to an aromatic ring is 1. The first kappa shape index (κ1) is 20.7. The van der Waals surface area contributed by atoms with Crippen LogP contribution in [0.15, 0.2) is 65.1 Å². The highest BCUT2D eigenvalue weighted by molar-refractivity contribution is 9.10. The van der Waals surface area contributed by atoms with Crippen LogP contribution < -0.4 is 11.5 Å². The molecule has 0 aliphatic rings. The lowest BCUT2D eigenvalue weighted by atomic mass is 9.96. The van der Waals surface area contributed by atoms with Gasteiger partial charge in [0.2, 0.25) is 5.91 Å². The number of primary amides is 1. The van der Waals surface area contributed by atoms with Gasteiger partial charge in [0, 0.05) is 28.5 Å². The van der Waals surface area contributed by atoms with Gasteiger partial charge in [0.05, 0.1) is 16.6 Å². The molecular formula is C24H21BrN4O2. The third-order valence-electron chi connectivity index (χ3n) is 5.21. The lowest BCUT2D eigenvalue weighted by Crippen LogP contribution is -2.13. The van der Waals surface area contributed by atoms with E-state index in [4.69, 9.17) is 16.9 Å². The van der Waals surface area contributed by atoms with E-state index >= 15 is 0 Å². The van der Waals surface area contributed by atoms with Crippen LogP contribution in [0.2, 0.25) is 0 Å². The van der Waals surface area contributed by atoms with Crippen LogP contribution in [0.3, 0.4) is 0 Å². The molecule has 0 saturated carbocycles. The van der Waals surface area contributed by atoms with Crippen molar-refractivity contribution in [2.45, 2.75) is 12.8 Å². The summed E-state index contributed by atoms with van der Waals surface area (Å²) in [4.78, 5) is 14.9. The molecule has 7 N–H and O–H groups in total. The normalized spacial score (nSPS) is 11.0. The van der Waals surface area contributed by atoms with Gasteiger partial charge in [-0.3, -0.25) is 10.2 Å². The molecule has 3 aromatic carbocycles. The molecule has 4 aromatic rings. The highest BCUT2D eigenvalue weighted by Crippen LogP contribution is 2.41. The predicted octanol–water partition coefficient (Wildman–Crippen LogP) is 4.21. The maximum absolute atomic E-state index is 11.5. The van der Waals surface area contributed by atoms with Crippen molar-refractivity contribution in [3.8, 4) is 17.0 Å². The topological polar surface area (TPSA) is 129 Å². The van der Waals surface area contributed by atoms with E-state index < -0.39 is 5.91 Å². The minimum atomic E-state index is -0.448. The molecule has 1 amide bonds. The van der Waals surface area contributed by atoms with Crippen LogP contribution in [-0.2, 0) is 17.6 Å². The molecule has 1 aromatic heterocycles. The van der Waals surface area contributed by atoms with E-state index in [0.717, 1.165) is 27.7 Å². The largest absolute Gasteiger partial charge is 0.506 e. The number of benzene rings is 3. The second-order valence-electron chi connectivity index (χ2n) is 7.43. The number of nitrogens with two attached hydrogens (primary N) is 2. The number of carbonyl (C=O) groups excluding carboxylic acids is 1. The number of aromatic amines is 1. The Hall–Kier alpha value is -3.58. The maximum Gasteiger partial charge on any atom is 0.221 e. The van der Waals surface area contributed by atoms with Crippen LogP contribution in [-0.4, -0.2) is 21.8 Å². The van der Waals surface area contributed by atoms with E-state index in [9.17, 15) is 9.90 Å². The summed E-state index contributed by atoms with van der Waals surface area (Å²) in [5.41, 5.74) is 16.7. The first-order valence-corrected chi connectivity index (χ1v) is 10.5. The summed E-state index contributed by atoms with van der Waals surface area (Å²) in [7, 11) is 0. The van der Waals surface area contributed by atoms with Crippen molar-refractivity contribution in [2.75, 3.05) is 0 Å². The number of amides is 1. The predicted molar refractivity (Wildman–Crippen MR) is 126 cm³/mol. The Morgan fingerprint density at radius 3 is 2.45 bits per heavy atom. The molecule has 1 heterocycles. The Bertz CT molecular complexity index is 1310. The summed E-state index contributed by atoms with van der Waals surface area (Å²) in [5.74, 6) is -0.388. The van der Waals surface area contributed by atoms with Crippen LogP contribution in [0.1, 0.15) is 22.3 Å². The number of amidine groups is 1. The molecule has 0 saturated heterocycles. The Morgan fingerprint density at radius 2 is 1.77 bits per heavy atom. The molecule has 0 fully saturated rings. The molecule has 0 atom stereocenters. The van der Waals surface area contributed by atoms with Crippen molar-refractivity contribution in [1.29, 1.82) is 5.41 Å². The molecule has 6 nitrogen and oxygen atoms in total. The average Bonchev–Trinajstić information content (AvgIpc) is 3.08. The first-order chi connectivity index (χ1) is 14.8. The number of hydrogen-bond acceptors (Lipinski definition) is 3. The Morgan fingerprint density at radius 1 is 1.03 bits per heavy atom. The van der Waals surface area contributed by atoms with Gasteiger partial charge in [0.15, 0.2) is 0 Å². The standard InChI is InChI=1S/C24H21BrN4O2/c25-19-10-14(11-21(26)30)9-18(23(19)31)22-17(8-13-4-2-1-3-5-13)16-12-15(24(27)28)6-7-20(16)29-22/h1-7,9-10,12,29,31H,8,11H2,(H2,26,30)(H3,27,28). The minimum absolute atomic E-state index is 0.00985. The maximum atomic E-state index is 11.5. The molecule has 0 aliphatic heterocycles. The molecule has 7 heteroatoms. The Labute approximate surface area is 187 Å². The van der Waals surface area contributed by atoms with Gasteiger partial charge in [-0.25, -0.2) is 0 Å². The van der Waals surface area contributed by atoms with Crippen LogP contribution in [0.25, 0.3) is 22.2 Å². The van der Waals surface area contributed by atoms with Gasteiger partial charge in [0.1, 0.15) is 11.6 Å². The summed E-state index contributed by atoms with van der Waals surface area (Å²) in [6.45, 7) is 0. The summed E-state index contributed by atoms with van der Waals surface area (Å²) in [6, 6.07) is 19.0. The Balaban J connectivity index is 1.97. The number of halogens is 1. The van der Waals surface area contributed by atoms with Crippen molar-refractivity contribution in [3.63, 3.8) is 0 Å². The van der Waals surface area contributed by atoms with Crippen molar-refractivity contribution in [1.82, 2.24) is 4.98 Å². The summed E-state index contributed by atoms with van der Waals surface area (Å²) in [5, 5.41) is 19.6. The highest BCUT2D eigenvalue weighted by Gasteiger charge is 2.20. The van der Waals surface area contributed by atoms with Crippen LogP contribution in [0.5, 0.6) is 5.75 Å². The molecular weight excluding hydrogens is 456 g/mol.